The molecular formula is C19H34N2O2. The molecule has 5 atom stereocenters. The Morgan fingerprint density at radius 2 is 1.61 bits per heavy atom. The third-order valence-corrected chi connectivity index (χ3v) is 6.88. The second-order valence-corrected chi connectivity index (χ2v) is 8.93. The molecule has 132 valence electrons. The molecule has 5 unspecified atom stereocenters. The summed E-state index contributed by atoms with van der Waals surface area (Å²) in [5, 5.41) is 0. The number of fused-ring (bicyclic) bond motifs is 4. The Hall–Kier alpha value is -0.160. The Balaban J connectivity index is 1.32. The lowest BCUT2D eigenvalue weighted by Crippen LogP contribution is -2.54. The zero-order valence-corrected chi connectivity index (χ0v) is 15.2. The van der Waals surface area contributed by atoms with E-state index >= 15 is 0 Å². The van der Waals surface area contributed by atoms with Crippen molar-refractivity contribution in [1.29, 1.82) is 0 Å². The van der Waals surface area contributed by atoms with Crippen molar-refractivity contribution in [1.82, 2.24) is 9.80 Å². The fourth-order valence-corrected chi connectivity index (χ4v) is 5.36. The van der Waals surface area contributed by atoms with Gasteiger partial charge in [0.2, 0.25) is 0 Å². The molecule has 0 aliphatic carbocycles. The van der Waals surface area contributed by atoms with Gasteiger partial charge in [0.15, 0.2) is 0 Å². The minimum absolute atomic E-state index is 0.296. The van der Waals surface area contributed by atoms with Crippen LogP contribution in [0, 0.1) is 0 Å². The average molecular weight is 322 g/mol. The molecule has 4 nitrogen and oxygen atoms in total. The summed E-state index contributed by atoms with van der Waals surface area (Å²) in [6.07, 6.45) is 8.80. The van der Waals surface area contributed by atoms with Gasteiger partial charge in [0.25, 0.3) is 0 Å². The molecule has 4 heteroatoms. The van der Waals surface area contributed by atoms with E-state index in [2.05, 4.69) is 30.6 Å². The maximum atomic E-state index is 6.02. The van der Waals surface area contributed by atoms with Crippen molar-refractivity contribution in [2.24, 2.45) is 0 Å². The highest BCUT2D eigenvalue weighted by Gasteiger charge is 2.42. The summed E-state index contributed by atoms with van der Waals surface area (Å²) in [7, 11) is 0. The van der Waals surface area contributed by atoms with Crippen LogP contribution in [-0.4, -0.2) is 72.0 Å². The van der Waals surface area contributed by atoms with E-state index in [9.17, 15) is 0 Å². The largest absolute Gasteiger partial charge is 0.378 e. The second-order valence-electron chi connectivity index (χ2n) is 8.93. The van der Waals surface area contributed by atoms with Crippen LogP contribution in [0.5, 0.6) is 0 Å². The van der Waals surface area contributed by atoms with Crippen molar-refractivity contribution >= 4 is 0 Å². The van der Waals surface area contributed by atoms with Gasteiger partial charge in [-0.25, -0.2) is 0 Å². The quantitative estimate of drug-likeness (QED) is 0.777. The molecule has 4 heterocycles. The van der Waals surface area contributed by atoms with Crippen LogP contribution >= 0.6 is 0 Å². The summed E-state index contributed by atoms with van der Waals surface area (Å²) in [6.45, 7) is 11.5. The van der Waals surface area contributed by atoms with E-state index < -0.39 is 0 Å². The highest BCUT2D eigenvalue weighted by Crippen LogP contribution is 2.35. The summed E-state index contributed by atoms with van der Waals surface area (Å²) in [4.78, 5) is 5.49. The Kier molecular flexibility index (Phi) is 4.46. The third kappa shape index (κ3) is 3.20. The number of ether oxygens (including phenoxy) is 2. The van der Waals surface area contributed by atoms with Gasteiger partial charge in [-0.2, -0.15) is 0 Å². The van der Waals surface area contributed by atoms with E-state index in [0.29, 0.717) is 35.9 Å². The van der Waals surface area contributed by atoms with E-state index in [1.54, 1.807) is 0 Å². The number of hydrogen-bond donors (Lipinski definition) is 0. The molecule has 4 fully saturated rings. The summed E-state index contributed by atoms with van der Waals surface area (Å²) in [6, 6.07) is 2.06. The lowest BCUT2D eigenvalue weighted by molar-refractivity contribution is -0.0759. The highest BCUT2D eigenvalue weighted by atomic mass is 16.5. The van der Waals surface area contributed by atoms with Crippen LogP contribution < -0.4 is 0 Å². The van der Waals surface area contributed by atoms with Gasteiger partial charge in [0, 0.05) is 36.8 Å². The summed E-state index contributed by atoms with van der Waals surface area (Å²) < 4.78 is 11.8. The minimum atomic E-state index is 0.296. The lowest BCUT2D eigenvalue weighted by atomic mass is 9.92. The molecule has 4 rings (SSSR count). The summed E-state index contributed by atoms with van der Waals surface area (Å²) in [5.41, 5.74) is 0.296. The van der Waals surface area contributed by atoms with Crippen LogP contribution in [0.2, 0.25) is 0 Å². The van der Waals surface area contributed by atoms with Crippen LogP contribution in [0.1, 0.15) is 59.3 Å². The van der Waals surface area contributed by atoms with Crippen molar-refractivity contribution in [3.8, 4) is 0 Å². The summed E-state index contributed by atoms with van der Waals surface area (Å²) in [5.74, 6) is 0. The smallest absolute Gasteiger partial charge is 0.0707 e. The Morgan fingerprint density at radius 3 is 2.22 bits per heavy atom. The van der Waals surface area contributed by atoms with E-state index in [1.807, 2.05) is 0 Å². The molecule has 23 heavy (non-hydrogen) atoms. The predicted molar refractivity (Wildman–Crippen MR) is 91.7 cm³/mol. The molecule has 0 radical (unpaired) electrons. The second kappa shape index (κ2) is 6.29. The number of likely N-dealkylation sites (tertiary alicyclic amines) is 1. The fourth-order valence-electron chi connectivity index (χ4n) is 5.36. The molecule has 4 aliphatic heterocycles. The van der Waals surface area contributed by atoms with E-state index in [-0.39, 0.29) is 0 Å². The van der Waals surface area contributed by atoms with Crippen molar-refractivity contribution in [3.05, 3.63) is 0 Å². The van der Waals surface area contributed by atoms with Crippen LogP contribution in [0.25, 0.3) is 0 Å². The van der Waals surface area contributed by atoms with Crippen LogP contribution in [0.3, 0.4) is 0 Å². The Bertz CT molecular complexity index is 400. The van der Waals surface area contributed by atoms with Gasteiger partial charge < -0.3 is 9.47 Å². The third-order valence-electron chi connectivity index (χ3n) is 6.88. The van der Waals surface area contributed by atoms with Gasteiger partial charge >= 0.3 is 0 Å². The monoisotopic (exact) mass is 322 g/mol. The Labute approximate surface area is 141 Å². The average Bonchev–Trinajstić information content (AvgIpc) is 3.00. The molecule has 0 amide bonds. The van der Waals surface area contributed by atoms with Gasteiger partial charge in [-0.15, -0.1) is 0 Å². The standard InChI is InChI=1S/C19H34N2O2/c1-14(21-15-4-5-16(21)13-22-12-15)8-9-19(2,3)20-10-17-6-7-18(11-20)23-17/h14-18H,4-13H2,1-3H3. The van der Waals surface area contributed by atoms with Gasteiger partial charge in [-0.1, -0.05) is 0 Å². The molecule has 0 aromatic rings. The van der Waals surface area contributed by atoms with Crippen molar-refractivity contribution in [3.63, 3.8) is 0 Å². The normalized spacial score (nSPS) is 39.8. The number of hydrogen-bond acceptors (Lipinski definition) is 4. The summed E-state index contributed by atoms with van der Waals surface area (Å²) >= 11 is 0. The molecule has 0 saturated carbocycles. The van der Waals surface area contributed by atoms with Gasteiger partial charge in [-0.05, 0) is 59.3 Å². The lowest BCUT2D eigenvalue weighted by Gasteiger charge is -2.45. The van der Waals surface area contributed by atoms with Crippen LogP contribution in [0.15, 0.2) is 0 Å². The van der Waals surface area contributed by atoms with E-state index in [0.717, 1.165) is 26.3 Å². The van der Waals surface area contributed by atoms with Gasteiger partial charge in [0.1, 0.15) is 0 Å². The Morgan fingerprint density at radius 1 is 1.00 bits per heavy atom. The van der Waals surface area contributed by atoms with E-state index in [4.69, 9.17) is 9.47 Å². The molecule has 0 aromatic heterocycles. The van der Waals surface area contributed by atoms with Crippen LogP contribution in [0.4, 0.5) is 0 Å². The van der Waals surface area contributed by atoms with Crippen LogP contribution in [-0.2, 0) is 9.47 Å². The first-order valence-corrected chi connectivity index (χ1v) is 9.78. The highest BCUT2D eigenvalue weighted by molar-refractivity contribution is 4.96. The van der Waals surface area contributed by atoms with Crippen molar-refractivity contribution < 1.29 is 9.47 Å². The van der Waals surface area contributed by atoms with Crippen molar-refractivity contribution in [2.75, 3.05) is 26.3 Å². The number of rotatable bonds is 5. The van der Waals surface area contributed by atoms with Gasteiger partial charge in [-0.3, -0.25) is 9.80 Å². The molecular weight excluding hydrogens is 288 g/mol. The predicted octanol–water partition coefficient (Wildman–Crippen LogP) is 2.66. The molecule has 4 saturated heterocycles. The maximum Gasteiger partial charge on any atom is 0.0707 e. The first kappa shape index (κ1) is 16.3. The minimum Gasteiger partial charge on any atom is -0.378 e. The SMILES string of the molecule is CC(CCC(C)(C)N1CC2CCC(C1)O2)N1C2CCC1COC2. The molecule has 0 N–H and O–H groups in total. The number of morpholine rings is 2. The first-order valence-electron chi connectivity index (χ1n) is 9.78. The topological polar surface area (TPSA) is 24.9 Å². The van der Waals surface area contributed by atoms with Crippen molar-refractivity contribution in [2.45, 2.75) is 95.2 Å². The zero-order chi connectivity index (χ0) is 16.0. The van der Waals surface area contributed by atoms with Gasteiger partial charge in [0.05, 0.1) is 25.4 Å². The molecule has 0 aromatic carbocycles. The molecule has 4 bridgehead atoms. The zero-order valence-electron chi connectivity index (χ0n) is 15.2. The molecule has 0 spiro atoms. The maximum absolute atomic E-state index is 6.02. The fraction of sp³-hybridized carbons (Fsp3) is 1.00. The number of nitrogens with zero attached hydrogens (tertiary/aromatic N) is 2. The molecule has 4 aliphatic rings. The van der Waals surface area contributed by atoms with E-state index in [1.165, 1.54) is 38.5 Å². The first-order chi connectivity index (χ1) is 11.0.